The molecule has 0 aliphatic heterocycles. The van der Waals surface area contributed by atoms with E-state index in [4.69, 9.17) is 5.11 Å². The van der Waals surface area contributed by atoms with E-state index in [0.29, 0.717) is 6.54 Å². The van der Waals surface area contributed by atoms with Gasteiger partial charge in [0.2, 0.25) is 0 Å². The van der Waals surface area contributed by atoms with Crippen molar-refractivity contribution in [2.45, 2.75) is 44.2 Å². The molecule has 0 heterocycles. The predicted octanol–water partition coefficient (Wildman–Crippen LogP) is 0.262. The Balaban J connectivity index is 2.30. The van der Waals surface area contributed by atoms with Crippen LogP contribution in [-0.2, 0) is 0 Å². The molecule has 72 valence electrons. The van der Waals surface area contributed by atoms with E-state index in [-0.39, 0.29) is 12.1 Å². The van der Waals surface area contributed by atoms with Gasteiger partial charge in [0, 0.05) is 12.1 Å². The monoisotopic (exact) mass is 173 g/mol. The first-order chi connectivity index (χ1) is 5.47. The summed E-state index contributed by atoms with van der Waals surface area (Å²) in [5.41, 5.74) is -0.766. The number of β-amino-alcohol motifs (C(OH)–C–C–N with tert-alkyl or cyclic N) is 1. The molecule has 0 atom stereocenters. The van der Waals surface area contributed by atoms with Gasteiger partial charge in [-0.3, -0.25) is 0 Å². The maximum Gasteiger partial charge on any atom is 0.0715 e. The first-order valence-corrected chi connectivity index (χ1v) is 4.56. The lowest BCUT2D eigenvalue weighted by molar-refractivity contribution is 0.0346. The third kappa shape index (κ3) is 2.44. The zero-order valence-corrected chi connectivity index (χ0v) is 7.93. The van der Waals surface area contributed by atoms with Crippen molar-refractivity contribution in [2.24, 2.45) is 0 Å². The molecular formula is C9H19NO2. The van der Waals surface area contributed by atoms with Crippen molar-refractivity contribution >= 4 is 0 Å². The molecule has 0 saturated heterocycles. The molecule has 0 unspecified atom stereocenters. The van der Waals surface area contributed by atoms with Crippen LogP contribution in [0.5, 0.6) is 0 Å². The molecule has 0 bridgehead atoms. The maximum atomic E-state index is 9.45. The largest absolute Gasteiger partial charge is 0.394 e. The highest BCUT2D eigenvalue weighted by molar-refractivity contribution is 4.96. The molecule has 0 aromatic carbocycles. The minimum absolute atomic E-state index is 0.0833. The smallest absolute Gasteiger partial charge is 0.0715 e. The van der Waals surface area contributed by atoms with Gasteiger partial charge in [0.25, 0.3) is 0 Å². The molecule has 3 N–H and O–H groups in total. The van der Waals surface area contributed by atoms with E-state index in [1.54, 1.807) is 13.8 Å². The Bertz CT molecular complexity index is 142. The zero-order chi connectivity index (χ0) is 9.24. The van der Waals surface area contributed by atoms with Crippen LogP contribution >= 0.6 is 0 Å². The number of nitrogens with one attached hydrogen (secondary N) is 1. The number of hydrogen-bond acceptors (Lipinski definition) is 3. The Morgan fingerprint density at radius 1 is 1.42 bits per heavy atom. The third-order valence-electron chi connectivity index (χ3n) is 2.51. The van der Waals surface area contributed by atoms with E-state index >= 15 is 0 Å². The van der Waals surface area contributed by atoms with Gasteiger partial charge in [-0.25, -0.2) is 0 Å². The highest BCUT2D eigenvalue weighted by Gasteiger charge is 2.36. The Morgan fingerprint density at radius 3 is 2.25 bits per heavy atom. The Morgan fingerprint density at radius 2 is 2.00 bits per heavy atom. The number of aliphatic hydroxyl groups excluding tert-OH is 1. The molecule has 0 radical (unpaired) electrons. The van der Waals surface area contributed by atoms with Crippen LogP contribution in [-0.4, -0.2) is 34.5 Å². The first-order valence-electron chi connectivity index (χ1n) is 4.56. The number of hydrogen-bond donors (Lipinski definition) is 3. The molecule has 3 heteroatoms. The average molecular weight is 173 g/mol. The van der Waals surface area contributed by atoms with Crippen LogP contribution in [0, 0.1) is 0 Å². The van der Waals surface area contributed by atoms with Crippen LogP contribution in [0.2, 0.25) is 0 Å². The third-order valence-corrected chi connectivity index (χ3v) is 2.51. The van der Waals surface area contributed by atoms with Gasteiger partial charge in [0.1, 0.15) is 0 Å². The van der Waals surface area contributed by atoms with Crippen molar-refractivity contribution in [3.05, 3.63) is 0 Å². The van der Waals surface area contributed by atoms with Gasteiger partial charge in [0.05, 0.1) is 12.2 Å². The molecular weight excluding hydrogens is 154 g/mol. The summed E-state index contributed by atoms with van der Waals surface area (Å²) in [6.45, 7) is 4.27. The summed E-state index contributed by atoms with van der Waals surface area (Å²) in [6.07, 6.45) is 3.23. The molecule has 1 aliphatic carbocycles. The highest BCUT2D eigenvalue weighted by atomic mass is 16.3. The van der Waals surface area contributed by atoms with E-state index in [0.717, 1.165) is 12.8 Å². The summed E-state index contributed by atoms with van der Waals surface area (Å²) in [6, 6.07) is 0. The van der Waals surface area contributed by atoms with Crippen molar-refractivity contribution < 1.29 is 10.2 Å². The lowest BCUT2D eigenvalue weighted by Crippen LogP contribution is -2.57. The molecule has 1 saturated carbocycles. The summed E-state index contributed by atoms with van der Waals surface area (Å²) in [5, 5.41) is 21.8. The van der Waals surface area contributed by atoms with Crippen LogP contribution in [0.1, 0.15) is 33.1 Å². The molecule has 0 aromatic rings. The Labute approximate surface area is 73.8 Å². The molecule has 0 amide bonds. The summed E-state index contributed by atoms with van der Waals surface area (Å²) in [4.78, 5) is 0. The van der Waals surface area contributed by atoms with E-state index in [1.165, 1.54) is 6.42 Å². The quantitative estimate of drug-likeness (QED) is 0.571. The SMILES string of the molecule is CC(C)(O)CNC1(CO)CCC1. The van der Waals surface area contributed by atoms with Gasteiger partial charge >= 0.3 is 0 Å². The summed E-state index contributed by atoms with van der Waals surface area (Å²) in [7, 11) is 0. The van der Waals surface area contributed by atoms with Crippen molar-refractivity contribution in [1.29, 1.82) is 0 Å². The lowest BCUT2D eigenvalue weighted by Gasteiger charge is -2.42. The second kappa shape index (κ2) is 3.32. The maximum absolute atomic E-state index is 9.45. The summed E-state index contributed by atoms with van der Waals surface area (Å²) < 4.78 is 0. The molecule has 12 heavy (non-hydrogen) atoms. The fraction of sp³-hybridized carbons (Fsp3) is 1.00. The van der Waals surface area contributed by atoms with Crippen LogP contribution in [0.25, 0.3) is 0 Å². The van der Waals surface area contributed by atoms with Crippen molar-refractivity contribution in [1.82, 2.24) is 5.32 Å². The van der Waals surface area contributed by atoms with E-state index in [1.807, 2.05) is 0 Å². The first kappa shape index (κ1) is 9.96. The number of aliphatic hydroxyl groups is 2. The average Bonchev–Trinajstić information content (AvgIpc) is 1.84. The Kier molecular flexibility index (Phi) is 2.76. The van der Waals surface area contributed by atoms with Gasteiger partial charge in [-0.05, 0) is 33.1 Å². The molecule has 0 spiro atoms. The predicted molar refractivity (Wildman–Crippen MR) is 48.0 cm³/mol. The van der Waals surface area contributed by atoms with Gasteiger partial charge in [-0.1, -0.05) is 0 Å². The van der Waals surface area contributed by atoms with Gasteiger partial charge in [0.15, 0.2) is 0 Å². The van der Waals surface area contributed by atoms with Gasteiger partial charge < -0.3 is 15.5 Å². The van der Waals surface area contributed by atoms with Crippen molar-refractivity contribution in [3.63, 3.8) is 0 Å². The van der Waals surface area contributed by atoms with Gasteiger partial charge in [-0.15, -0.1) is 0 Å². The Hall–Kier alpha value is -0.120. The second-order valence-corrected chi connectivity index (χ2v) is 4.46. The van der Waals surface area contributed by atoms with E-state index in [2.05, 4.69) is 5.32 Å². The van der Waals surface area contributed by atoms with E-state index < -0.39 is 5.60 Å². The van der Waals surface area contributed by atoms with Crippen molar-refractivity contribution in [2.75, 3.05) is 13.2 Å². The highest BCUT2D eigenvalue weighted by Crippen LogP contribution is 2.31. The number of rotatable bonds is 4. The lowest BCUT2D eigenvalue weighted by atomic mass is 9.77. The topological polar surface area (TPSA) is 52.5 Å². The molecule has 3 nitrogen and oxygen atoms in total. The molecule has 1 aliphatic rings. The van der Waals surface area contributed by atoms with Crippen LogP contribution in [0.15, 0.2) is 0 Å². The summed E-state index contributed by atoms with van der Waals surface area (Å²) in [5.74, 6) is 0. The van der Waals surface area contributed by atoms with Crippen LogP contribution in [0.4, 0.5) is 0 Å². The zero-order valence-electron chi connectivity index (χ0n) is 7.93. The molecule has 0 aromatic heterocycles. The fourth-order valence-corrected chi connectivity index (χ4v) is 1.40. The normalized spacial score (nSPS) is 22.0. The second-order valence-electron chi connectivity index (χ2n) is 4.46. The van der Waals surface area contributed by atoms with Crippen LogP contribution < -0.4 is 5.32 Å². The van der Waals surface area contributed by atoms with Crippen LogP contribution in [0.3, 0.4) is 0 Å². The fourth-order valence-electron chi connectivity index (χ4n) is 1.40. The molecule has 1 rings (SSSR count). The minimum Gasteiger partial charge on any atom is -0.394 e. The molecule has 1 fully saturated rings. The summed E-state index contributed by atoms with van der Waals surface area (Å²) >= 11 is 0. The standard InChI is InChI=1S/C9H19NO2/c1-8(2,12)6-10-9(7-11)4-3-5-9/h10-12H,3-7H2,1-2H3. The minimum atomic E-state index is -0.683. The van der Waals surface area contributed by atoms with Crippen molar-refractivity contribution in [3.8, 4) is 0 Å². The van der Waals surface area contributed by atoms with Gasteiger partial charge in [-0.2, -0.15) is 0 Å². The van der Waals surface area contributed by atoms with E-state index in [9.17, 15) is 5.11 Å².